The molecule has 3 aromatic rings. The molecule has 148 valence electrons. The first kappa shape index (κ1) is 19.1. The molecule has 0 saturated heterocycles. The first-order valence-corrected chi connectivity index (χ1v) is 9.58. The third kappa shape index (κ3) is 3.59. The Bertz CT molecular complexity index is 1110. The molecular formula is C22H21FN4O2. The Morgan fingerprint density at radius 1 is 1.38 bits per heavy atom. The number of halogens is 1. The molecule has 1 atom stereocenters. The van der Waals surface area contributed by atoms with Gasteiger partial charge in [-0.1, -0.05) is 30.3 Å². The van der Waals surface area contributed by atoms with E-state index >= 15 is 0 Å². The number of aliphatic hydroxyl groups is 1. The normalized spacial score (nSPS) is 16.1. The molecule has 1 amide bonds. The van der Waals surface area contributed by atoms with E-state index in [1.807, 2.05) is 16.7 Å². The van der Waals surface area contributed by atoms with Crippen molar-refractivity contribution in [2.45, 2.75) is 44.2 Å². The van der Waals surface area contributed by atoms with Crippen molar-refractivity contribution in [1.29, 1.82) is 5.26 Å². The van der Waals surface area contributed by atoms with Gasteiger partial charge in [0, 0.05) is 12.1 Å². The Labute approximate surface area is 167 Å². The van der Waals surface area contributed by atoms with E-state index < -0.39 is 17.3 Å². The van der Waals surface area contributed by atoms with E-state index in [9.17, 15) is 14.3 Å². The van der Waals surface area contributed by atoms with Gasteiger partial charge in [-0.2, -0.15) is 5.26 Å². The number of carbonyl (C=O) groups excluding carboxylic acids is 1. The second-order valence-electron chi connectivity index (χ2n) is 7.69. The van der Waals surface area contributed by atoms with Crippen LogP contribution >= 0.6 is 0 Å². The van der Waals surface area contributed by atoms with Gasteiger partial charge in [-0.25, -0.2) is 9.37 Å². The summed E-state index contributed by atoms with van der Waals surface area (Å²) in [6, 6.07) is 13.7. The second kappa shape index (κ2) is 7.30. The van der Waals surface area contributed by atoms with Crippen LogP contribution in [0.25, 0.3) is 11.0 Å². The fourth-order valence-electron chi connectivity index (χ4n) is 3.69. The number of benzene rings is 2. The molecule has 29 heavy (non-hydrogen) atoms. The third-order valence-electron chi connectivity index (χ3n) is 5.49. The maximum Gasteiger partial charge on any atom is 0.229 e. The van der Waals surface area contributed by atoms with E-state index in [2.05, 4.69) is 10.3 Å². The lowest BCUT2D eigenvalue weighted by Crippen LogP contribution is -2.30. The lowest BCUT2D eigenvalue weighted by Gasteiger charge is -2.29. The number of anilines is 1. The van der Waals surface area contributed by atoms with Gasteiger partial charge in [-0.05, 0) is 37.8 Å². The summed E-state index contributed by atoms with van der Waals surface area (Å²) >= 11 is 0. The number of carbonyl (C=O) groups is 1. The minimum Gasteiger partial charge on any atom is -0.385 e. The number of imidazole rings is 1. The highest BCUT2D eigenvalue weighted by molar-refractivity contribution is 5.92. The van der Waals surface area contributed by atoms with E-state index in [0.29, 0.717) is 22.5 Å². The van der Waals surface area contributed by atoms with Crippen molar-refractivity contribution in [3.05, 3.63) is 59.4 Å². The highest BCUT2D eigenvalue weighted by atomic mass is 19.1. The number of amides is 1. The summed E-state index contributed by atoms with van der Waals surface area (Å²) in [5.41, 5.74) is 0.265. The quantitative estimate of drug-likeness (QED) is 0.686. The monoisotopic (exact) mass is 392 g/mol. The molecule has 1 aliphatic carbocycles. The summed E-state index contributed by atoms with van der Waals surface area (Å²) in [6.07, 6.45) is 2.76. The minimum absolute atomic E-state index is 0.0529. The van der Waals surface area contributed by atoms with Crippen molar-refractivity contribution in [3.63, 3.8) is 0 Å². The van der Waals surface area contributed by atoms with Crippen LogP contribution in [-0.2, 0) is 10.4 Å². The molecule has 6 nitrogen and oxygen atoms in total. The Balaban J connectivity index is 1.65. The number of aromatic nitrogens is 2. The Morgan fingerprint density at radius 3 is 2.72 bits per heavy atom. The summed E-state index contributed by atoms with van der Waals surface area (Å²) in [5, 5.41) is 22.7. The van der Waals surface area contributed by atoms with Gasteiger partial charge < -0.3 is 9.67 Å². The van der Waals surface area contributed by atoms with Crippen molar-refractivity contribution < 1.29 is 14.3 Å². The fraction of sp³-hybridized carbons (Fsp3) is 0.318. The van der Waals surface area contributed by atoms with Gasteiger partial charge >= 0.3 is 0 Å². The molecular weight excluding hydrogens is 371 g/mol. The molecule has 1 aliphatic rings. The van der Waals surface area contributed by atoms with Crippen molar-refractivity contribution in [3.8, 4) is 6.07 Å². The predicted molar refractivity (Wildman–Crippen MR) is 107 cm³/mol. The Hall–Kier alpha value is -3.24. The molecule has 4 rings (SSSR count). The molecule has 0 aliphatic heterocycles. The summed E-state index contributed by atoms with van der Waals surface area (Å²) in [7, 11) is 0. The van der Waals surface area contributed by atoms with Crippen LogP contribution in [-0.4, -0.2) is 20.6 Å². The highest BCUT2D eigenvalue weighted by Gasteiger charge is 2.29. The lowest BCUT2D eigenvalue weighted by atomic mass is 9.92. The summed E-state index contributed by atoms with van der Waals surface area (Å²) < 4.78 is 15.9. The number of nitrogens with zero attached hydrogens (tertiary/aromatic N) is 3. The topological polar surface area (TPSA) is 90.9 Å². The zero-order valence-corrected chi connectivity index (χ0v) is 16.0. The van der Waals surface area contributed by atoms with Gasteiger partial charge in [0.05, 0.1) is 28.6 Å². The maximum atomic E-state index is 14.0. The number of nitrogens with one attached hydrogen (secondary N) is 1. The van der Waals surface area contributed by atoms with Gasteiger partial charge in [0.2, 0.25) is 11.9 Å². The van der Waals surface area contributed by atoms with E-state index in [4.69, 9.17) is 5.26 Å². The van der Waals surface area contributed by atoms with Crippen LogP contribution in [0.1, 0.15) is 49.8 Å². The Kier molecular flexibility index (Phi) is 4.81. The van der Waals surface area contributed by atoms with Crippen molar-refractivity contribution >= 4 is 22.9 Å². The van der Waals surface area contributed by atoms with E-state index in [-0.39, 0.29) is 18.0 Å². The van der Waals surface area contributed by atoms with Crippen molar-refractivity contribution in [2.24, 2.45) is 0 Å². The summed E-state index contributed by atoms with van der Waals surface area (Å²) in [5.74, 6) is -0.716. The molecule has 1 fully saturated rings. The molecule has 0 unspecified atom stereocenters. The Morgan fingerprint density at radius 2 is 2.10 bits per heavy atom. The number of nitriles is 1. The van der Waals surface area contributed by atoms with E-state index in [1.54, 1.807) is 31.2 Å². The molecule has 1 heterocycles. The molecule has 1 saturated carbocycles. The molecule has 2 aromatic carbocycles. The van der Waals surface area contributed by atoms with Crippen molar-refractivity contribution in [2.75, 3.05) is 5.32 Å². The van der Waals surface area contributed by atoms with Crippen LogP contribution in [0.15, 0.2) is 42.5 Å². The number of hydrogen-bond donors (Lipinski definition) is 2. The van der Waals surface area contributed by atoms with Gasteiger partial charge in [0.15, 0.2) is 0 Å². The molecule has 0 spiro atoms. The van der Waals surface area contributed by atoms with Crippen LogP contribution < -0.4 is 5.32 Å². The predicted octanol–water partition coefficient (Wildman–Crippen LogP) is 4.01. The molecule has 2 N–H and O–H groups in total. The minimum atomic E-state index is -1.33. The van der Waals surface area contributed by atoms with Crippen LogP contribution in [0.4, 0.5) is 10.3 Å². The molecule has 1 aromatic heterocycles. The van der Waals surface area contributed by atoms with Crippen LogP contribution in [0, 0.1) is 17.1 Å². The van der Waals surface area contributed by atoms with Crippen LogP contribution in [0.5, 0.6) is 0 Å². The van der Waals surface area contributed by atoms with Crippen LogP contribution in [0.2, 0.25) is 0 Å². The SMILES string of the molecule is C[C@](O)(CC(=O)Nc1nc2cc(F)c(C#N)cc2n1C1CCC1)c1ccccc1. The second-order valence-corrected chi connectivity index (χ2v) is 7.69. The highest BCUT2D eigenvalue weighted by Crippen LogP contribution is 2.38. The molecule has 0 bridgehead atoms. The third-order valence-corrected chi connectivity index (χ3v) is 5.49. The largest absolute Gasteiger partial charge is 0.385 e. The first-order valence-electron chi connectivity index (χ1n) is 9.58. The zero-order chi connectivity index (χ0) is 20.6. The molecule has 7 heteroatoms. The summed E-state index contributed by atoms with van der Waals surface area (Å²) in [6.45, 7) is 1.59. The van der Waals surface area contributed by atoms with Crippen LogP contribution in [0.3, 0.4) is 0 Å². The number of fused-ring (bicyclic) bond motifs is 1. The number of rotatable bonds is 5. The standard InChI is InChI=1S/C22H21FN4O2/c1-22(29,15-6-3-2-4-7-15)12-20(28)26-21-25-18-11-17(23)14(13-24)10-19(18)27(21)16-8-5-9-16/h2-4,6-7,10-11,16,29H,5,8-9,12H2,1H3,(H,25,26,28)/t22-/m0/s1. The van der Waals surface area contributed by atoms with Gasteiger partial charge in [0.25, 0.3) is 0 Å². The van der Waals surface area contributed by atoms with Gasteiger partial charge in [0.1, 0.15) is 11.9 Å². The summed E-state index contributed by atoms with van der Waals surface area (Å²) in [4.78, 5) is 17.1. The smallest absolute Gasteiger partial charge is 0.229 e. The lowest BCUT2D eigenvalue weighted by molar-refractivity contribution is -0.120. The molecule has 0 radical (unpaired) electrons. The average molecular weight is 392 g/mol. The first-order chi connectivity index (χ1) is 13.9. The zero-order valence-electron chi connectivity index (χ0n) is 16.0. The van der Waals surface area contributed by atoms with Gasteiger partial charge in [-0.15, -0.1) is 0 Å². The van der Waals surface area contributed by atoms with Crippen molar-refractivity contribution in [1.82, 2.24) is 9.55 Å². The van der Waals surface area contributed by atoms with Gasteiger partial charge in [-0.3, -0.25) is 10.1 Å². The maximum absolute atomic E-state index is 14.0. The van der Waals surface area contributed by atoms with E-state index in [1.165, 1.54) is 12.1 Å². The average Bonchev–Trinajstić information content (AvgIpc) is 2.96. The van der Waals surface area contributed by atoms with E-state index in [0.717, 1.165) is 19.3 Å². The number of hydrogen-bond acceptors (Lipinski definition) is 4. The fourth-order valence-corrected chi connectivity index (χ4v) is 3.69.